The first-order valence-electron chi connectivity index (χ1n) is 8.44. The van der Waals surface area contributed by atoms with Crippen LogP contribution in [0, 0.1) is 0 Å². The maximum atomic E-state index is 12.5. The van der Waals surface area contributed by atoms with Gasteiger partial charge in [-0.2, -0.15) is 0 Å². The van der Waals surface area contributed by atoms with Crippen LogP contribution in [0.25, 0.3) is 0 Å². The molecule has 2 N–H and O–H groups in total. The largest absolute Gasteiger partial charge is 0.493 e. The van der Waals surface area contributed by atoms with E-state index in [1.54, 1.807) is 19.1 Å². The number of halogens is 1. The highest BCUT2D eigenvalue weighted by Gasteiger charge is 2.34. The van der Waals surface area contributed by atoms with Crippen LogP contribution in [0.5, 0.6) is 11.5 Å². The maximum Gasteiger partial charge on any atom is 0.338 e. The Morgan fingerprint density at radius 3 is 2.54 bits per heavy atom. The molecule has 0 spiro atoms. The van der Waals surface area contributed by atoms with Crippen LogP contribution in [0.2, 0.25) is 5.02 Å². The molecule has 1 aromatic rings. The van der Waals surface area contributed by atoms with Crippen molar-refractivity contribution in [1.82, 2.24) is 10.6 Å². The first kappa shape index (κ1) is 19.9. The van der Waals surface area contributed by atoms with E-state index in [9.17, 15) is 9.59 Å². The summed E-state index contributed by atoms with van der Waals surface area (Å²) in [5.41, 5.74) is 1.46. The Bertz CT molecular complexity index is 733. The molecule has 26 heavy (non-hydrogen) atoms. The molecule has 0 radical (unpaired) electrons. The zero-order chi connectivity index (χ0) is 19.3. The van der Waals surface area contributed by atoms with Crippen molar-refractivity contribution in [2.75, 3.05) is 20.3 Å². The van der Waals surface area contributed by atoms with Crippen LogP contribution in [0.4, 0.5) is 4.79 Å². The standard InChI is InChI=1S/C18H23ClN2O5/c1-5-12-14(17(22)26-7-3)15(21-18(23)20-12)10-8-11(19)16(25-6-2)13(9-10)24-4/h8-9,15H,5-7H2,1-4H3,(H2,20,21,23). The molecule has 0 bridgehead atoms. The van der Waals surface area contributed by atoms with Crippen LogP contribution < -0.4 is 20.1 Å². The predicted octanol–water partition coefficient (Wildman–Crippen LogP) is 3.33. The molecule has 2 rings (SSSR count). The second-order valence-corrected chi connectivity index (χ2v) is 5.87. The first-order chi connectivity index (χ1) is 12.5. The van der Waals surface area contributed by atoms with Gasteiger partial charge < -0.3 is 24.8 Å². The molecule has 8 heteroatoms. The lowest BCUT2D eigenvalue weighted by molar-refractivity contribution is -0.139. The summed E-state index contributed by atoms with van der Waals surface area (Å²) in [6, 6.07) is 2.24. The fraction of sp³-hybridized carbons (Fsp3) is 0.444. The van der Waals surface area contributed by atoms with Crippen molar-refractivity contribution in [3.05, 3.63) is 34.0 Å². The van der Waals surface area contributed by atoms with Crippen molar-refractivity contribution in [2.45, 2.75) is 33.2 Å². The maximum absolute atomic E-state index is 12.5. The predicted molar refractivity (Wildman–Crippen MR) is 97.5 cm³/mol. The molecule has 1 aliphatic heterocycles. The Hall–Kier alpha value is -2.41. The Kier molecular flexibility index (Phi) is 6.74. The lowest BCUT2D eigenvalue weighted by atomic mass is 9.94. The molecule has 0 fully saturated rings. The molecule has 1 heterocycles. The van der Waals surface area contributed by atoms with Gasteiger partial charge in [0.2, 0.25) is 0 Å². The van der Waals surface area contributed by atoms with Gasteiger partial charge in [-0.25, -0.2) is 9.59 Å². The summed E-state index contributed by atoms with van der Waals surface area (Å²) in [5.74, 6) is 0.340. The summed E-state index contributed by atoms with van der Waals surface area (Å²) >= 11 is 6.34. The second kappa shape index (κ2) is 8.80. The van der Waals surface area contributed by atoms with Gasteiger partial charge >= 0.3 is 12.0 Å². The third-order valence-electron chi connectivity index (χ3n) is 3.88. The number of amides is 2. The van der Waals surface area contributed by atoms with Crippen LogP contribution in [-0.4, -0.2) is 32.3 Å². The van der Waals surface area contributed by atoms with Crippen LogP contribution >= 0.6 is 11.6 Å². The van der Waals surface area contributed by atoms with Crippen molar-refractivity contribution in [3.8, 4) is 11.5 Å². The van der Waals surface area contributed by atoms with Gasteiger partial charge in [-0.3, -0.25) is 0 Å². The topological polar surface area (TPSA) is 85.9 Å². The molecule has 142 valence electrons. The number of ether oxygens (including phenoxy) is 3. The van der Waals surface area contributed by atoms with Gasteiger partial charge in [-0.15, -0.1) is 0 Å². The van der Waals surface area contributed by atoms with Gasteiger partial charge in [0.1, 0.15) is 0 Å². The first-order valence-corrected chi connectivity index (χ1v) is 8.82. The van der Waals surface area contributed by atoms with E-state index >= 15 is 0 Å². The number of methoxy groups -OCH3 is 1. The quantitative estimate of drug-likeness (QED) is 0.706. The number of nitrogens with one attached hydrogen (secondary N) is 2. The molecular weight excluding hydrogens is 360 g/mol. The molecule has 1 unspecified atom stereocenters. The number of urea groups is 1. The summed E-state index contributed by atoms with van der Waals surface area (Å²) in [5, 5.41) is 5.75. The number of esters is 1. The lowest BCUT2D eigenvalue weighted by Crippen LogP contribution is -2.45. The number of rotatable bonds is 7. The van der Waals surface area contributed by atoms with Crippen molar-refractivity contribution in [3.63, 3.8) is 0 Å². The summed E-state index contributed by atoms with van der Waals surface area (Å²) in [7, 11) is 1.50. The highest BCUT2D eigenvalue weighted by atomic mass is 35.5. The highest BCUT2D eigenvalue weighted by Crippen LogP contribution is 2.40. The van der Waals surface area contributed by atoms with Crippen LogP contribution in [-0.2, 0) is 9.53 Å². The minimum absolute atomic E-state index is 0.230. The Labute approximate surface area is 157 Å². The van der Waals surface area contributed by atoms with E-state index in [2.05, 4.69) is 10.6 Å². The van der Waals surface area contributed by atoms with Crippen molar-refractivity contribution < 1.29 is 23.8 Å². The van der Waals surface area contributed by atoms with E-state index in [4.69, 9.17) is 25.8 Å². The number of carbonyl (C=O) groups excluding carboxylic acids is 2. The number of allylic oxidation sites excluding steroid dienone is 1. The van der Waals surface area contributed by atoms with Crippen LogP contribution in [0.1, 0.15) is 38.8 Å². The third-order valence-corrected chi connectivity index (χ3v) is 4.16. The number of benzene rings is 1. The average Bonchev–Trinajstić information content (AvgIpc) is 2.62. The minimum atomic E-state index is -0.708. The van der Waals surface area contributed by atoms with E-state index < -0.39 is 18.0 Å². The van der Waals surface area contributed by atoms with Crippen molar-refractivity contribution >= 4 is 23.6 Å². The molecule has 0 saturated carbocycles. The Morgan fingerprint density at radius 1 is 1.23 bits per heavy atom. The molecule has 0 saturated heterocycles. The van der Waals surface area contributed by atoms with E-state index in [1.807, 2.05) is 13.8 Å². The number of carbonyl (C=O) groups is 2. The summed E-state index contributed by atoms with van der Waals surface area (Å²) in [4.78, 5) is 24.6. The van der Waals surface area contributed by atoms with Gasteiger partial charge in [0.15, 0.2) is 11.5 Å². The van der Waals surface area contributed by atoms with Gasteiger partial charge in [-0.1, -0.05) is 18.5 Å². The smallest absolute Gasteiger partial charge is 0.338 e. The molecule has 1 aliphatic rings. The van der Waals surface area contributed by atoms with E-state index in [1.165, 1.54) is 7.11 Å². The molecule has 7 nitrogen and oxygen atoms in total. The zero-order valence-corrected chi connectivity index (χ0v) is 16.0. The monoisotopic (exact) mass is 382 g/mol. The molecule has 1 aromatic carbocycles. The highest BCUT2D eigenvalue weighted by molar-refractivity contribution is 6.32. The van der Waals surface area contributed by atoms with E-state index in [0.29, 0.717) is 46.4 Å². The Morgan fingerprint density at radius 2 is 1.96 bits per heavy atom. The molecule has 0 aliphatic carbocycles. The van der Waals surface area contributed by atoms with Crippen molar-refractivity contribution in [1.29, 1.82) is 0 Å². The summed E-state index contributed by atoms with van der Waals surface area (Å²) in [6.07, 6.45) is 0.472. The number of hydrogen-bond donors (Lipinski definition) is 2. The normalized spacial score (nSPS) is 16.7. The fourth-order valence-corrected chi connectivity index (χ4v) is 3.06. The molecular formula is C18H23ClN2O5. The van der Waals surface area contributed by atoms with Crippen LogP contribution in [0.15, 0.2) is 23.4 Å². The lowest BCUT2D eigenvalue weighted by Gasteiger charge is -2.29. The van der Waals surface area contributed by atoms with Gasteiger partial charge in [0.05, 0.1) is 37.0 Å². The molecule has 0 aromatic heterocycles. The van der Waals surface area contributed by atoms with E-state index in [-0.39, 0.29) is 6.61 Å². The molecule has 1 atom stereocenters. The second-order valence-electron chi connectivity index (χ2n) is 5.46. The van der Waals surface area contributed by atoms with Gasteiger partial charge in [0.25, 0.3) is 0 Å². The third kappa shape index (κ3) is 4.04. The van der Waals surface area contributed by atoms with Crippen LogP contribution in [0.3, 0.4) is 0 Å². The number of hydrogen-bond acceptors (Lipinski definition) is 5. The Balaban J connectivity index is 2.57. The molecule has 2 amide bonds. The minimum Gasteiger partial charge on any atom is -0.493 e. The zero-order valence-electron chi connectivity index (χ0n) is 15.3. The van der Waals surface area contributed by atoms with Gasteiger partial charge in [-0.05, 0) is 38.0 Å². The van der Waals surface area contributed by atoms with Gasteiger partial charge in [0, 0.05) is 5.70 Å². The average molecular weight is 383 g/mol. The fourth-order valence-electron chi connectivity index (χ4n) is 2.79. The SMILES string of the molecule is CCOC(=O)C1=C(CC)NC(=O)NC1c1cc(Cl)c(OCC)c(OC)c1. The summed E-state index contributed by atoms with van der Waals surface area (Å²) < 4.78 is 16.1. The van der Waals surface area contributed by atoms with E-state index in [0.717, 1.165) is 0 Å². The van der Waals surface area contributed by atoms with Crippen molar-refractivity contribution in [2.24, 2.45) is 0 Å². The summed E-state index contributed by atoms with van der Waals surface area (Å²) in [6.45, 7) is 6.07.